The number of hydrazine groups is 1. The number of nitrogens with one attached hydrogen (secondary N) is 1. The first-order chi connectivity index (χ1) is 13.7. The van der Waals surface area contributed by atoms with Gasteiger partial charge in [-0.1, -0.05) is 30.3 Å². The summed E-state index contributed by atoms with van der Waals surface area (Å²) >= 11 is 0. The molecule has 7 nitrogen and oxygen atoms in total. The van der Waals surface area contributed by atoms with Crippen molar-refractivity contribution in [1.29, 1.82) is 0 Å². The molecule has 0 aromatic heterocycles. The molecule has 3 N–H and O–H groups in total. The molecule has 0 saturated carbocycles. The minimum absolute atomic E-state index is 0.144. The fraction of sp³-hybridized carbons (Fsp3) is 0.333. The predicted molar refractivity (Wildman–Crippen MR) is 105 cm³/mol. The minimum atomic E-state index is -0.282. The smallest absolute Gasteiger partial charge is 0.257 e. The number of amides is 2. The first-order valence-electron chi connectivity index (χ1n) is 9.38. The van der Waals surface area contributed by atoms with Crippen LogP contribution in [0.3, 0.4) is 0 Å². The molecule has 2 amide bonds. The molecule has 1 atom stereocenters. The maximum Gasteiger partial charge on any atom is 0.257 e. The maximum absolute atomic E-state index is 13.0. The van der Waals surface area contributed by atoms with Gasteiger partial charge in [0.25, 0.3) is 5.91 Å². The van der Waals surface area contributed by atoms with Crippen molar-refractivity contribution < 1.29 is 19.1 Å². The fourth-order valence-electron chi connectivity index (χ4n) is 3.26. The number of rotatable bonds is 7. The van der Waals surface area contributed by atoms with Crippen LogP contribution < -0.4 is 20.7 Å². The molecule has 148 valence electrons. The summed E-state index contributed by atoms with van der Waals surface area (Å²) in [4.78, 5) is 26.5. The second-order valence-corrected chi connectivity index (χ2v) is 6.61. The number of benzene rings is 2. The van der Waals surface area contributed by atoms with Crippen LogP contribution in [0.2, 0.25) is 0 Å². The predicted octanol–water partition coefficient (Wildman–Crippen LogP) is 1.99. The lowest BCUT2D eigenvalue weighted by atomic mass is 9.96. The Hall–Kier alpha value is -3.06. The van der Waals surface area contributed by atoms with E-state index in [0.29, 0.717) is 37.6 Å². The Morgan fingerprint density at radius 3 is 2.54 bits per heavy atom. The number of ether oxygens (including phenoxy) is 2. The number of hydrogen-bond donors (Lipinski definition) is 2. The van der Waals surface area contributed by atoms with Crippen molar-refractivity contribution in [2.24, 2.45) is 11.8 Å². The molecule has 0 bridgehead atoms. The van der Waals surface area contributed by atoms with Crippen LogP contribution >= 0.6 is 0 Å². The quantitative estimate of drug-likeness (QED) is 0.330. The molecule has 0 aliphatic carbocycles. The van der Waals surface area contributed by atoms with Crippen molar-refractivity contribution in [3.05, 3.63) is 60.2 Å². The Labute approximate surface area is 164 Å². The summed E-state index contributed by atoms with van der Waals surface area (Å²) in [6, 6.07) is 16.6. The van der Waals surface area contributed by atoms with Gasteiger partial charge in [-0.25, -0.2) is 5.84 Å². The number of para-hydroxylation sites is 2. The normalized spacial score (nSPS) is 16.3. The lowest BCUT2D eigenvalue weighted by Crippen LogP contribution is -2.47. The average molecular weight is 383 g/mol. The molecule has 3 rings (SSSR count). The third kappa shape index (κ3) is 5.01. The third-order valence-corrected chi connectivity index (χ3v) is 4.69. The Morgan fingerprint density at radius 1 is 1.04 bits per heavy atom. The van der Waals surface area contributed by atoms with Crippen LogP contribution in [0, 0.1) is 5.92 Å². The van der Waals surface area contributed by atoms with Gasteiger partial charge in [0.15, 0.2) is 0 Å². The van der Waals surface area contributed by atoms with E-state index in [-0.39, 0.29) is 17.7 Å². The first-order valence-corrected chi connectivity index (χ1v) is 9.38. The number of carbonyl (C=O) groups excluding carboxylic acids is 2. The highest BCUT2D eigenvalue weighted by Crippen LogP contribution is 2.24. The average Bonchev–Trinajstić information content (AvgIpc) is 2.76. The molecule has 2 aromatic carbocycles. The van der Waals surface area contributed by atoms with Gasteiger partial charge in [0.1, 0.15) is 24.7 Å². The van der Waals surface area contributed by atoms with E-state index in [1.54, 1.807) is 23.1 Å². The van der Waals surface area contributed by atoms with Crippen LogP contribution in [0.4, 0.5) is 0 Å². The summed E-state index contributed by atoms with van der Waals surface area (Å²) in [7, 11) is 0. The van der Waals surface area contributed by atoms with E-state index in [0.717, 1.165) is 18.6 Å². The standard InChI is InChI=1S/C21H25N3O4/c22-23-20(25)16-7-6-12-24(15-16)21(26)18-10-4-5-11-19(18)28-14-13-27-17-8-2-1-3-9-17/h1-5,8-11,16H,6-7,12-15,22H2,(H,23,25). The molecular formula is C21H25N3O4. The van der Waals surface area contributed by atoms with Gasteiger partial charge in [0, 0.05) is 13.1 Å². The molecule has 2 aromatic rings. The Kier molecular flexibility index (Phi) is 6.86. The van der Waals surface area contributed by atoms with Crippen molar-refractivity contribution in [3.8, 4) is 11.5 Å². The number of nitrogens with two attached hydrogens (primary N) is 1. The number of likely N-dealkylation sites (tertiary alicyclic amines) is 1. The summed E-state index contributed by atoms with van der Waals surface area (Å²) in [5, 5.41) is 0. The highest BCUT2D eigenvalue weighted by Gasteiger charge is 2.29. The topological polar surface area (TPSA) is 93.9 Å². The second-order valence-electron chi connectivity index (χ2n) is 6.61. The third-order valence-electron chi connectivity index (χ3n) is 4.69. The summed E-state index contributed by atoms with van der Waals surface area (Å²) in [6.45, 7) is 1.65. The highest BCUT2D eigenvalue weighted by atomic mass is 16.5. The van der Waals surface area contributed by atoms with E-state index in [1.807, 2.05) is 36.4 Å². The molecule has 0 spiro atoms. The molecule has 1 aliphatic heterocycles. The zero-order valence-corrected chi connectivity index (χ0v) is 15.7. The Bertz CT molecular complexity index is 797. The lowest BCUT2D eigenvalue weighted by Gasteiger charge is -2.32. The molecular weight excluding hydrogens is 358 g/mol. The summed E-state index contributed by atoms with van der Waals surface area (Å²) in [5.74, 6) is 5.85. The van der Waals surface area contributed by atoms with Crippen LogP contribution in [-0.2, 0) is 4.79 Å². The number of piperidine rings is 1. The van der Waals surface area contributed by atoms with E-state index in [4.69, 9.17) is 15.3 Å². The molecule has 7 heteroatoms. The molecule has 1 saturated heterocycles. The zero-order chi connectivity index (χ0) is 19.8. The lowest BCUT2D eigenvalue weighted by molar-refractivity contribution is -0.126. The van der Waals surface area contributed by atoms with Gasteiger partial charge in [0.2, 0.25) is 5.91 Å². The van der Waals surface area contributed by atoms with Crippen molar-refractivity contribution in [1.82, 2.24) is 10.3 Å². The van der Waals surface area contributed by atoms with Crippen molar-refractivity contribution in [3.63, 3.8) is 0 Å². The number of hydrogen-bond acceptors (Lipinski definition) is 5. The Balaban J connectivity index is 1.59. The van der Waals surface area contributed by atoms with Gasteiger partial charge in [-0.2, -0.15) is 0 Å². The van der Waals surface area contributed by atoms with E-state index >= 15 is 0 Å². The summed E-state index contributed by atoms with van der Waals surface area (Å²) < 4.78 is 11.4. The molecule has 1 unspecified atom stereocenters. The van der Waals surface area contributed by atoms with Crippen LogP contribution in [0.1, 0.15) is 23.2 Å². The van der Waals surface area contributed by atoms with Crippen LogP contribution in [0.5, 0.6) is 11.5 Å². The monoisotopic (exact) mass is 383 g/mol. The van der Waals surface area contributed by atoms with Gasteiger partial charge < -0.3 is 14.4 Å². The second kappa shape index (κ2) is 9.75. The summed E-state index contributed by atoms with van der Waals surface area (Å²) in [5.41, 5.74) is 2.66. The summed E-state index contributed by atoms with van der Waals surface area (Å²) in [6.07, 6.45) is 1.49. The maximum atomic E-state index is 13.0. The van der Waals surface area contributed by atoms with E-state index < -0.39 is 0 Å². The molecule has 1 heterocycles. The van der Waals surface area contributed by atoms with E-state index in [9.17, 15) is 9.59 Å². The SMILES string of the molecule is NNC(=O)C1CCCN(C(=O)c2ccccc2OCCOc2ccccc2)C1. The largest absolute Gasteiger partial charge is 0.490 e. The van der Waals surface area contributed by atoms with Gasteiger partial charge in [-0.3, -0.25) is 15.0 Å². The van der Waals surface area contributed by atoms with Crippen molar-refractivity contribution >= 4 is 11.8 Å². The first kappa shape index (κ1) is 19.7. The van der Waals surface area contributed by atoms with Crippen molar-refractivity contribution in [2.45, 2.75) is 12.8 Å². The molecule has 0 radical (unpaired) electrons. The van der Waals surface area contributed by atoms with E-state index in [1.165, 1.54) is 0 Å². The zero-order valence-electron chi connectivity index (χ0n) is 15.7. The number of nitrogens with zero attached hydrogens (tertiary/aromatic N) is 1. The number of carbonyl (C=O) groups is 2. The minimum Gasteiger partial charge on any atom is -0.490 e. The molecule has 28 heavy (non-hydrogen) atoms. The van der Waals surface area contributed by atoms with Gasteiger partial charge in [0.05, 0.1) is 11.5 Å². The highest BCUT2D eigenvalue weighted by molar-refractivity contribution is 5.97. The molecule has 1 aliphatic rings. The van der Waals surface area contributed by atoms with Crippen LogP contribution in [-0.4, -0.2) is 43.0 Å². The Morgan fingerprint density at radius 2 is 1.75 bits per heavy atom. The van der Waals surface area contributed by atoms with Crippen molar-refractivity contribution in [2.75, 3.05) is 26.3 Å². The molecule has 1 fully saturated rings. The van der Waals surface area contributed by atoms with Crippen LogP contribution in [0.15, 0.2) is 54.6 Å². The van der Waals surface area contributed by atoms with Gasteiger partial charge in [-0.15, -0.1) is 0 Å². The van der Waals surface area contributed by atoms with Gasteiger partial charge in [-0.05, 0) is 37.1 Å². The van der Waals surface area contributed by atoms with Crippen LogP contribution in [0.25, 0.3) is 0 Å². The van der Waals surface area contributed by atoms with E-state index in [2.05, 4.69) is 5.43 Å². The van der Waals surface area contributed by atoms with Gasteiger partial charge >= 0.3 is 0 Å². The fourth-order valence-corrected chi connectivity index (χ4v) is 3.26.